The number of carbonyl (C=O) groups is 1. The van der Waals surface area contributed by atoms with Crippen LogP contribution in [-0.2, 0) is 14.5 Å². The van der Waals surface area contributed by atoms with Gasteiger partial charge in [0.25, 0.3) is 0 Å². The van der Waals surface area contributed by atoms with Gasteiger partial charge in [0.05, 0.1) is 6.61 Å². The van der Waals surface area contributed by atoms with Gasteiger partial charge in [-0.15, -0.1) is 0 Å². The van der Waals surface area contributed by atoms with E-state index >= 15 is 0 Å². The Kier molecular flexibility index (Phi) is 7.18. The van der Waals surface area contributed by atoms with E-state index in [1.165, 1.54) is 0 Å². The van der Waals surface area contributed by atoms with Crippen molar-refractivity contribution in [3.05, 3.63) is 23.8 Å². The lowest BCUT2D eigenvalue weighted by molar-refractivity contribution is -0.257. The SMILES string of the molecule is CCCCOOC(=O)OC(CC)C1=CCCC=C1. The summed E-state index contributed by atoms with van der Waals surface area (Å²) in [4.78, 5) is 20.7. The Morgan fingerprint density at radius 1 is 1.39 bits per heavy atom. The highest BCUT2D eigenvalue weighted by atomic mass is 17.2. The summed E-state index contributed by atoms with van der Waals surface area (Å²) < 4.78 is 5.21. The molecule has 0 aromatic heterocycles. The maximum absolute atomic E-state index is 11.4. The van der Waals surface area contributed by atoms with Gasteiger partial charge in [0.2, 0.25) is 0 Å². The summed E-state index contributed by atoms with van der Waals surface area (Å²) in [6.07, 6.45) is 9.79. The van der Waals surface area contributed by atoms with E-state index in [4.69, 9.17) is 9.62 Å². The number of allylic oxidation sites excluding steroid dienone is 2. The van der Waals surface area contributed by atoms with Crippen molar-refractivity contribution in [3.8, 4) is 0 Å². The van der Waals surface area contributed by atoms with Crippen LogP contribution in [0.5, 0.6) is 0 Å². The molecule has 0 saturated carbocycles. The molecule has 4 nitrogen and oxygen atoms in total. The second-order valence-electron chi connectivity index (χ2n) is 4.21. The van der Waals surface area contributed by atoms with Crippen molar-refractivity contribution < 1.29 is 19.3 Å². The highest BCUT2D eigenvalue weighted by molar-refractivity contribution is 5.60. The third kappa shape index (κ3) is 5.36. The van der Waals surface area contributed by atoms with Crippen molar-refractivity contribution in [2.75, 3.05) is 6.61 Å². The van der Waals surface area contributed by atoms with E-state index in [1.807, 2.05) is 19.9 Å². The largest absolute Gasteiger partial charge is 0.541 e. The predicted octanol–water partition coefficient (Wildman–Crippen LogP) is 3.93. The van der Waals surface area contributed by atoms with Crippen LogP contribution >= 0.6 is 0 Å². The number of carbonyl (C=O) groups excluding carboxylic acids is 1. The fourth-order valence-corrected chi connectivity index (χ4v) is 1.69. The van der Waals surface area contributed by atoms with Gasteiger partial charge in [-0.05, 0) is 31.3 Å². The van der Waals surface area contributed by atoms with Crippen molar-refractivity contribution in [2.24, 2.45) is 0 Å². The Hall–Kier alpha value is -1.29. The van der Waals surface area contributed by atoms with E-state index in [2.05, 4.69) is 17.0 Å². The third-order valence-corrected chi connectivity index (χ3v) is 2.71. The van der Waals surface area contributed by atoms with Gasteiger partial charge < -0.3 is 4.74 Å². The van der Waals surface area contributed by atoms with Crippen molar-refractivity contribution in [2.45, 2.75) is 52.1 Å². The predicted molar refractivity (Wildman–Crippen MR) is 69.0 cm³/mol. The summed E-state index contributed by atoms with van der Waals surface area (Å²) in [6.45, 7) is 4.42. The van der Waals surface area contributed by atoms with Crippen molar-refractivity contribution in [3.63, 3.8) is 0 Å². The summed E-state index contributed by atoms with van der Waals surface area (Å²) >= 11 is 0. The number of hydrogen-bond acceptors (Lipinski definition) is 4. The zero-order valence-corrected chi connectivity index (χ0v) is 11.2. The molecule has 1 atom stereocenters. The fourth-order valence-electron chi connectivity index (χ4n) is 1.69. The van der Waals surface area contributed by atoms with Crippen LogP contribution in [0.3, 0.4) is 0 Å². The van der Waals surface area contributed by atoms with Crippen LogP contribution in [0, 0.1) is 0 Å². The smallest absolute Gasteiger partial charge is 0.424 e. The van der Waals surface area contributed by atoms with Crippen molar-refractivity contribution in [1.82, 2.24) is 0 Å². The molecule has 1 unspecified atom stereocenters. The summed E-state index contributed by atoms with van der Waals surface area (Å²) in [6, 6.07) is 0. The van der Waals surface area contributed by atoms with Gasteiger partial charge in [-0.25, -0.2) is 4.79 Å². The first-order chi connectivity index (χ1) is 8.77. The zero-order chi connectivity index (χ0) is 13.2. The molecule has 4 heteroatoms. The normalized spacial score (nSPS) is 16.0. The monoisotopic (exact) mass is 254 g/mol. The summed E-state index contributed by atoms with van der Waals surface area (Å²) in [5.41, 5.74) is 1.04. The van der Waals surface area contributed by atoms with Gasteiger partial charge in [-0.3, -0.25) is 4.89 Å². The molecule has 1 aliphatic rings. The molecule has 0 aromatic carbocycles. The molecule has 18 heavy (non-hydrogen) atoms. The van der Waals surface area contributed by atoms with Gasteiger partial charge >= 0.3 is 6.16 Å². The minimum absolute atomic E-state index is 0.246. The first-order valence-electron chi connectivity index (χ1n) is 6.64. The molecular weight excluding hydrogens is 232 g/mol. The fraction of sp³-hybridized carbons (Fsp3) is 0.643. The number of hydrogen-bond donors (Lipinski definition) is 0. The average Bonchev–Trinajstić information content (AvgIpc) is 2.42. The van der Waals surface area contributed by atoms with E-state index in [1.54, 1.807) is 0 Å². The minimum Gasteiger partial charge on any atom is -0.424 e. The Balaban J connectivity index is 2.31. The quantitative estimate of drug-likeness (QED) is 0.299. The third-order valence-electron chi connectivity index (χ3n) is 2.71. The summed E-state index contributed by atoms with van der Waals surface area (Å²) in [5.74, 6) is 0. The standard InChI is InChI=1S/C14H22O4/c1-3-5-11-16-18-14(15)17-13(4-2)12-9-7-6-8-10-12/h7,9-10,13H,3-6,8,11H2,1-2H3. The molecule has 0 aliphatic heterocycles. The Labute approximate surface area is 109 Å². The van der Waals surface area contributed by atoms with E-state index in [9.17, 15) is 4.79 Å². The molecule has 0 spiro atoms. The molecule has 1 aliphatic carbocycles. The van der Waals surface area contributed by atoms with Gasteiger partial charge in [0, 0.05) is 0 Å². The van der Waals surface area contributed by atoms with Crippen molar-refractivity contribution >= 4 is 6.16 Å². The van der Waals surface area contributed by atoms with Crippen LogP contribution in [0.2, 0.25) is 0 Å². The van der Waals surface area contributed by atoms with E-state index in [0.29, 0.717) is 6.61 Å². The molecule has 0 radical (unpaired) electrons. The van der Waals surface area contributed by atoms with Crippen LogP contribution < -0.4 is 0 Å². The Morgan fingerprint density at radius 3 is 2.83 bits per heavy atom. The van der Waals surface area contributed by atoms with Gasteiger partial charge in [-0.2, -0.15) is 4.89 Å². The molecule has 1 rings (SSSR count). The topological polar surface area (TPSA) is 44.8 Å². The number of rotatable bonds is 7. The molecule has 0 fully saturated rings. The summed E-state index contributed by atoms with van der Waals surface area (Å²) in [7, 11) is 0. The van der Waals surface area contributed by atoms with Crippen LogP contribution in [0.15, 0.2) is 23.8 Å². The van der Waals surface area contributed by atoms with E-state index in [0.717, 1.165) is 37.7 Å². The van der Waals surface area contributed by atoms with Crippen LogP contribution in [0.25, 0.3) is 0 Å². The van der Waals surface area contributed by atoms with Gasteiger partial charge in [0.1, 0.15) is 6.10 Å². The zero-order valence-electron chi connectivity index (χ0n) is 11.2. The summed E-state index contributed by atoms with van der Waals surface area (Å²) in [5, 5.41) is 0. The van der Waals surface area contributed by atoms with Gasteiger partial charge in [0.15, 0.2) is 0 Å². The van der Waals surface area contributed by atoms with Crippen LogP contribution in [-0.4, -0.2) is 18.9 Å². The first kappa shape index (κ1) is 14.8. The Bertz CT molecular complexity index is 307. The maximum Gasteiger partial charge on any atom is 0.541 e. The number of unbranched alkanes of at least 4 members (excludes halogenated alkanes) is 1. The highest BCUT2D eigenvalue weighted by Gasteiger charge is 2.18. The van der Waals surface area contributed by atoms with Crippen LogP contribution in [0.1, 0.15) is 46.0 Å². The molecule has 0 N–H and O–H groups in total. The highest BCUT2D eigenvalue weighted by Crippen LogP contribution is 2.18. The lowest BCUT2D eigenvalue weighted by atomic mass is 10.0. The lowest BCUT2D eigenvalue weighted by Crippen LogP contribution is -2.20. The first-order valence-corrected chi connectivity index (χ1v) is 6.64. The van der Waals surface area contributed by atoms with E-state index < -0.39 is 6.16 Å². The molecule has 0 bridgehead atoms. The maximum atomic E-state index is 11.4. The molecule has 0 saturated heterocycles. The second-order valence-corrected chi connectivity index (χ2v) is 4.21. The lowest BCUT2D eigenvalue weighted by Gasteiger charge is -2.18. The van der Waals surface area contributed by atoms with E-state index in [-0.39, 0.29) is 6.10 Å². The van der Waals surface area contributed by atoms with Crippen molar-refractivity contribution in [1.29, 1.82) is 0 Å². The second kappa shape index (κ2) is 8.75. The molecule has 0 amide bonds. The molecule has 0 heterocycles. The number of ether oxygens (including phenoxy) is 1. The minimum atomic E-state index is -0.766. The van der Waals surface area contributed by atoms with Crippen LogP contribution in [0.4, 0.5) is 4.79 Å². The van der Waals surface area contributed by atoms with Gasteiger partial charge in [-0.1, -0.05) is 38.5 Å². The molecular formula is C14H22O4. The Morgan fingerprint density at radius 2 is 2.22 bits per heavy atom. The average molecular weight is 254 g/mol. The molecule has 0 aromatic rings. The molecule has 102 valence electrons.